The van der Waals surface area contributed by atoms with E-state index in [0.29, 0.717) is 16.3 Å². The number of ether oxygens (including phenoxy) is 1. The molecule has 2 rings (SSSR count). The van der Waals surface area contributed by atoms with Crippen LogP contribution >= 0.6 is 11.3 Å². The molecule has 0 saturated carbocycles. The zero-order chi connectivity index (χ0) is 16.8. The fraction of sp³-hybridized carbons (Fsp3) is 0.188. The second-order valence-corrected chi connectivity index (χ2v) is 5.72. The normalized spacial score (nSPS) is 11.4. The molecule has 120 valence electrons. The third-order valence-corrected chi connectivity index (χ3v) is 3.70. The van der Waals surface area contributed by atoms with Crippen LogP contribution in [0.5, 0.6) is 0 Å². The summed E-state index contributed by atoms with van der Waals surface area (Å²) in [7, 11) is 0. The third kappa shape index (κ3) is 4.93. The second-order valence-electron chi connectivity index (χ2n) is 4.77. The molecule has 0 aliphatic carbocycles. The predicted octanol–water partition coefficient (Wildman–Crippen LogP) is 2.89. The van der Waals surface area contributed by atoms with Crippen molar-refractivity contribution in [2.75, 3.05) is 10.6 Å². The Kier molecular flexibility index (Phi) is 5.48. The van der Waals surface area contributed by atoms with Gasteiger partial charge in [0.25, 0.3) is 5.91 Å². The van der Waals surface area contributed by atoms with E-state index in [-0.39, 0.29) is 5.91 Å². The van der Waals surface area contributed by atoms with Crippen LogP contribution in [-0.4, -0.2) is 23.9 Å². The lowest BCUT2D eigenvalue weighted by Crippen LogP contribution is -2.29. The van der Waals surface area contributed by atoms with E-state index in [2.05, 4.69) is 10.6 Å². The maximum atomic E-state index is 12.0. The predicted molar refractivity (Wildman–Crippen MR) is 88.6 cm³/mol. The van der Waals surface area contributed by atoms with Crippen molar-refractivity contribution in [3.63, 3.8) is 0 Å². The molecule has 0 unspecified atom stereocenters. The SMILES string of the molecule is CC(=O)Nc1ccc(NC(=O)[C@H](C)OC(=O)c2cccs2)cc1. The highest BCUT2D eigenvalue weighted by molar-refractivity contribution is 7.11. The van der Waals surface area contributed by atoms with Crippen LogP contribution in [0.2, 0.25) is 0 Å². The molecule has 2 N–H and O–H groups in total. The first kappa shape index (κ1) is 16.7. The van der Waals surface area contributed by atoms with E-state index in [1.807, 2.05) is 0 Å². The van der Waals surface area contributed by atoms with Gasteiger partial charge in [-0.1, -0.05) is 6.07 Å². The van der Waals surface area contributed by atoms with Gasteiger partial charge in [0.2, 0.25) is 5.91 Å². The van der Waals surface area contributed by atoms with Crippen molar-refractivity contribution in [1.29, 1.82) is 0 Å². The van der Waals surface area contributed by atoms with Gasteiger partial charge in [0, 0.05) is 18.3 Å². The van der Waals surface area contributed by atoms with Gasteiger partial charge in [0.05, 0.1) is 0 Å². The van der Waals surface area contributed by atoms with Crippen molar-refractivity contribution in [3.8, 4) is 0 Å². The Hall–Kier alpha value is -2.67. The molecule has 1 aromatic carbocycles. The van der Waals surface area contributed by atoms with Crippen LogP contribution in [0.3, 0.4) is 0 Å². The van der Waals surface area contributed by atoms with E-state index < -0.39 is 18.0 Å². The molecule has 1 heterocycles. The summed E-state index contributed by atoms with van der Waals surface area (Å²) in [5.41, 5.74) is 1.18. The van der Waals surface area contributed by atoms with Crippen LogP contribution < -0.4 is 10.6 Å². The zero-order valence-electron chi connectivity index (χ0n) is 12.7. The minimum atomic E-state index is -0.917. The Morgan fingerprint density at radius 2 is 1.65 bits per heavy atom. The molecule has 7 heteroatoms. The van der Waals surface area contributed by atoms with Gasteiger partial charge in [-0.25, -0.2) is 4.79 Å². The van der Waals surface area contributed by atoms with Crippen molar-refractivity contribution in [1.82, 2.24) is 0 Å². The lowest BCUT2D eigenvalue weighted by Gasteiger charge is -2.13. The number of anilines is 2. The van der Waals surface area contributed by atoms with Crippen molar-refractivity contribution < 1.29 is 19.1 Å². The lowest BCUT2D eigenvalue weighted by molar-refractivity contribution is -0.123. The molecule has 0 bridgehead atoms. The monoisotopic (exact) mass is 332 g/mol. The molecule has 2 amide bonds. The van der Waals surface area contributed by atoms with Crippen molar-refractivity contribution in [2.45, 2.75) is 20.0 Å². The number of nitrogens with one attached hydrogen (secondary N) is 2. The molecule has 0 spiro atoms. The fourth-order valence-electron chi connectivity index (χ4n) is 1.75. The minimum absolute atomic E-state index is 0.170. The summed E-state index contributed by atoms with van der Waals surface area (Å²) in [6.07, 6.45) is -0.917. The third-order valence-electron chi connectivity index (χ3n) is 2.85. The maximum Gasteiger partial charge on any atom is 0.349 e. The maximum absolute atomic E-state index is 12.0. The van der Waals surface area contributed by atoms with Gasteiger partial charge in [-0.3, -0.25) is 9.59 Å². The number of thiophene rings is 1. The highest BCUT2D eigenvalue weighted by Crippen LogP contribution is 2.15. The van der Waals surface area contributed by atoms with Gasteiger partial charge in [-0.15, -0.1) is 11.3 Å². The van der Waals surface area contributed by atoms with E-state index >= 15 is 0 Å². The molecular formula is C16H16N2O4S. The van der Waals surface area contributed by atoms with E-state index in [1.54, 1.807) is 41.8 Å². The molecule has 2 aromatic rings. The number of hydrogen-bond acceptors (Lipinski definition) is 5. The van der Waals surface area contributed by atoms with E-state index in [9.17, 15) is 14.4 Å². The van der Waals surface area contributed by atoms with Gasteiger partial charge >= 0.3 is 5.97 Å². The van der Waals surface area contributed by atoms with Crippen LogP contribution in [0.15, 0.2) is 41.8 Å². The molecule has 0 fully saturated rings. The van der Waals surface area contributed by atoms with Crippen molar-refractivity contribution in [3.05, 3.63) is 46.7 Å². The highest BCUT2D eigenvalue weighted by Gasteiger charge is 2.19. The molecule has 23 heavy (non-hydrogen) atoms. The van der Waals surface area contributed by atoms with Crippen LogP contribution in [-0.2, 0) is 14.3 Å². The van der Waals surface area contributed by atoms with E-state index in [1.165, 1.54) is 25.2 Å². The first-order valence-electron chi connectivity index (χ1n) is 6.88. The first-order chi connectivity index (χ1) is 11.0. The molecule has 6 nitrogen and oxygen atoms in total. The average Bonchev–Trinajstić information content (AvgIpc) is 3.03. The summed E-state index contributed by atoms with van der Waals surface area (Å²) in [6.45, 7) is 2.92. The Morgan fingerprint density at radius 1 is 1.04 bits per heavy atom. The average molecular weight is 332 g/mol. The Balaban J connectivity index is 1.90. The largest absolute Gasteiger partial charge is 0.448 e. The van der Waals surface area contributed by atoms with Crippen LogP contribution in [0.4, 0.5) is 11.4 Å². The van der Waals surface area contributed by atoms with Gasteiger partial charge in [-0.05, 0) is 42.6 Å². The lowest BCUT2D eigenvalue weighted by atomic mass is 10.2. The summed E-state index contributed by atoms with van der Waals surface area (Å²) >= 11 is 1.25. The Morgan fingerprint density at radius 3 is 2.17 bits per heavy atom. The van der Waals surface area contributed by atoms with Gasteiger partial charge < -0.3 is 15.4 Å². The van der Waals surface area contributed by atoms with Crippen LogP contribution in [0.25, 0.3) is 0 Å². The number of benzene rings is 1. The van der Waals surface area contributed by atoms with E-state index in [0.717, 1.165) is 0 Å². The first-order valence-corrected chi connectivity index (χ1v) is 7.76. The highest BCUT2D eigenvalue weighted by atomic mass is 32.1. The van der Waals surface area contributed by atoms with Gasteiger partial charge in [0.15, 0.2) is 6.10 Å². The summed E-state index contributed by atoms with van der Waals surface area (Å²) in [5, 5.41) is 7.04. The summed E-state index contributed by atoms with van der Waals surface area (Å²) in [6, 6.07) is 10.0. The van der Waals surface area contributed by atoms with Crippen molar-refractivity contribution >= 4 is 40.5 Å². The molecule has 0 radical (unpaired) electrons. The summed E-state index contributed by atoms with van der Waals surface area (Å²) in [5.74, 6) is -1.12. The smallest absolute Gasteiger partial charge is 0.349 e. The molecule has 0 aliphatic heterocycles. The quantitative estimate of drug-likeness (QED) is 0.825. The number of carbonyl (C=O) groups excluding carboxylic acids is 3. The standard InChI is InChI=1S/C16H16N2O4S/c1-10(22-16(21)14-4-3-9-23-14)15(20)18-13-7-5-12(6-8-13)17-11(2)19/h3-10H,1-2H3,(H,17,19)(H,18,20)/t10-/m0/s1. The molecule has 0 saturated heterocycles. The molecule has 1 aromatic heterocycles. The van der Waals surface area contributed by atoms with Crippen molar-refractivity contribution in [2.24, 2.45) is 0 Å². The fourth-order valence-corrected chi connectivity index (χ4v) is 2.36. The van der Waals surface area contributed by atoms with Crippen LogP contribution in [0.1, 0.15) is 23.5 Å². The zero-order valence-corrected chi connectivity index (χ0v) is 13.5. The minimum Gasteiger partial charge on any atom is -0.448 e. The molecule has 1 atom stereocenters. The number of carbonyl (C=O) groups is 3. The Bertz CT molecular complexity index is 695. The summed E-state index contributed by atoms with van der Waals surface area (Å²) < 4.78 is 5.11. The summed E-state index contributed by atoms with van der Waals surface area (Å²) in [4.78, 5) is 35.2. The van der Waals surface area contributed by atoms with Gasteiger partial charge in [-0.2, -0.15) is 0 Å². The number of amides is 2. The molecule has 0 aliphatic rings. The van der Waals surface area contributed by atoms with Gasteiger partial charge in [0.1, 0.15) is 4.88 Å². The van der Waals surface area contributed by atoms with Crippen LogP contribution in [0, 0.1) is 0 Å². The number of hydrogen-bond donors (Lipinski definition) is 2. The second kappa shape index (κ2) is 7.55. The molecular weight excluding hydrogens is 316 g/mol. The number of esters is 1. The topological polar surface area (TPSA) is 84.5 Å². The Labute approximate surface area is 137 Å². The number of rotatable bonds is 5. The van der Waals surface area contributed by atoms with E-state index in [4.69, 9.17) is 4.74 Å².